The third-order valence-electron chi connectivity index (χ3n) is 4.17. The Kier molecular flexibility index (Phi) is 7.25. The van der Waals surface area contributed by atoms with Gasteiger partial charge in [-0.05, 0) is 45.0 Å². The van der Waals surface area contributed by atoms with E-state index in [1.165, 1.54) is 44.2 Å². The molecule has 0 atom stereocenters. The fourth-order valence-electron chi connectivity index (χ4n) is 2.81. The van der Waals surface area contributed by atoms with Crippen LogP contribution in [-0.2, 0) is 16.0 Å². The number of ketones is 1. The number of hydrogen-bond donors (Lipinski definition) is 1. The zero-order chi connectivity index (χ0) is 22.5. The van der Waals surface area contributed by atoms with Gasteiger partial charge in [0.05, 0.1) is 12.2 Å². The average Bonchev–Trinajstić information content (AvgIpc) is 2.93. The van der Waals surface area contributed by atoms with Gasteiger partial charge in [-0.15, -0.1) is 0 Å². The predicted octanol–water partition coefficient (Wildman–Crippen LogP) is 4.28. The van der Waals surface area contributed by atoms with Gasteiger partial charge in [0.1, 0.15) is 6.54 Å². The third kappa shape index (κ3) is 6.10. The first-order chi connectivity index (χ1) is 14.0. The second-order valence-corrected chi connectivity index (χ2v) is 6.41. The number of amides is 1. The molecule has 0 unspecified atom stereocenters. The molecule has 0 saturated heterocycles. The second kappa shape index (κ2) is 9.47. The number of Topliss-reactive ketones (excluding diaryl/α,β-unsaturated/α-hetero) is 1. The first-order valence-electron chi connectivity index (χ1n) is 8.99. The molecule has 0 saturated carbocycles. The van der Waals surface area contributed by atoms with Crippen LogP contribution in [-0.4, -0.2) is 41.8 Å². The minimum Gasteiger partial charge on any atom is -0.454 e. The van der Waals surface area contributed by atoms with Crippen LogP contribution in [0, 0.1) is 13.8 Å². The zero-order valence-corrected chi connectivity index (χ0v) is 16.6. The van der Waals surface area contributed by atoms with Crippen LogP contribution >= 0.6 is 0 Å². The monoisotopic (exact) mass is 426 g/mol. The van der Waals surface area contributed by atoms with Gasteiger partial charge in [0.2, 0.25) is 5.78 Å². The molecule has 0 radical (unpaired) electrons. The van der Waals surface area contributed by atoms with Crippen molar-refractivity contribution >= 4 is 23.5 Å². The Balaban J connectivity index is 2.04. The number of nitrogens with zero attached hydrogens (tertiary/aromatic N) is 1. The fourth-order valence-corrected chi connectivity index (χ4v) is 2.81. The van der Waals surface area contributed by atoms with Gasteiger partial charge >= 0.3 is 18.2 Å². The molecule has 0 aliphatic rings. The molecule has 2 aromatic rings. The summed E-state index contributed by atoms with van der Waals surface area (Å²) in [6.07, 6.45) is -5.11. The zero-order valence-electron chi connectivity index (χ0n) is 16.6. The van der Waals surface area contributed by atoms with Gasteiger partial charge in [-0.1, -0.05) is 6.07 Å². The molecular weight excluding hydrogens is 405 g/mol. The minimum absolute atomic E-state index is 0.0577. The Labute approximate surface area is 170 Å². The van der Waals surface area contributed by atoms with Crippen molar-refractivity contribution in [1.82, 2.24) is 4.57 Å². The lowest BCUT2D eigenvalue weighted by Gasteiger charge is -2.12. The highest BCUT2D eigenvalue weighted by Gasteiger charge is 2.30. The fraction of sp³-hybridized carbons (Fsp3) is 0.350. The largest absolute Gasteiger partial charge is 0.454 e. The molecule has 0 bridgehead atoms. The maximum absolute atomic E-state index is 12.7. The lowest BCUT2D eigenvalue weighted by atomic mass is 10.1. The van der Waals surface area contributed by atoms with Crippen molar-refractivity contribution in [2.24, 2.45) is 0 Å². The molecule has 0 aliphatic carbocycles. The first-order valence-corrected chi connectivity index (χ1v) is 8.99. The van der Waals surface area contributed by atoms with Gasteiger partial charge < -0.3 is 14.0 Å². The van der Waals surface area contributed by atoms with Crippen LogP contribution in [0.2, 0.25) is 0 Å². The maximum Gasteiger partial charge on any atom is 0.411 e. The van der Waals surface area contributed by atoms with Gasteiger partial charge in [0, 0.05) is 22.6 Å². The Morgan fingerprint density at radius 1 is 1.10 bits per heavy atom. The summed E-state index contributed by atoms with van der Waals surface area (Å²) in [5, 5.41) is 2.43. The molecule has 2 rings (SSSR count). The van der Waals surface area contributed by atoms with Crippen LogP contribution in [0.3, 0.4) is 0 Å². The number of anilines is 1. The minimum atomic E-state index is -4.43. The molecule has 1 amide bonds. The molecule has 1 aromatic carbocycles. The van der Waals surface area contributed by atoms with E-state index in [1.807, 2.05) is 0 Å². The van der Waals surface area contributed by atoms with E-state index in [9.17, 15) is 27.6 Å². The van der Waals surface area contributed by atoms with E-state index in [4.69, 9.17) is 9.47 Å². The Bertz CT molecular complexity index is 950. The van der Waals surface area contributed by atoms with Crippen molar-refractivity contribution in [2.45, 2.75) is 33.5 Å². The molecule has 1 aromatic heterocycles. The van der Waals surface area contributed by atoms with Gasteiger partial charge in [0.15, 0.2) is 6.61 Å². The van der Waals surface area contributed by atoms with Crippen molar-refractivity contribution in [1.29, 1.82) is 0 Å². The molecule has 7 nitrogen and oxygen atoms in total. The number of alkyl halides is 3. The third-order valence-corrected chi connectivity index (χ3v) is 4.17. The highest BCUT2D eigenvalue weighted by molar-refractivity contribution is 6.00. The number of nitrogens with one attached hydrogen (secondary N) is 1. The van der Waals surface area contributed by atoms with E-state index in [-0.39, 0.29) is 29.1 Å². The summed E-state index contributed by atoms with van der Waals surface area (Å²) in [6, 6.07) is 7.15. The van der Waals surface area contributed by atoms with Crippen molar-refractivity contribution in [3.8, 4) is 0 Å². The summed E-state index contributed by atoms with van der Waals surface area (Å²) in [5.41, 5.74) is 0.857. The number of carbonyl (C=O) groups excluding carboxylic acids is 3. The van der Waals surface area contributed by atoms with Crippen LogP contribution in [0.4, 0.5) is 23.7 Å². The molecule has 0 aliphatic heterocycles. The molecule has 10 heteroatoms. The molecular formula is C20H21F3N2O5. The van der Waals surface area contributed by atoms with E-state index < -0.39 is 37.2 Å². The van der Waals surface area contributed by atoms with Crippen molar-refractivity contribution in [3.05, 3.63) is 52.8 Å². The SMILES string of the molecule is CCOC(=O)Nc1cccc(C(=O)OCC(=O)c2cc(C)n(CC(F)(F)F)c2C)c1. The van der Waals surface area contributed by atoms with Crippen molar-refractivity contribution in [3.63, 3.8) is 0 Å². The Morgan fingerprint density at radius 2 is 1.80 bits per heavy atom. The number of halogens is 3. The normalized spacial score (nSPS) is 11.1. The van der Waals surface area contributed by atoms with Crippen LogP contribution in [0.15, 0.2) is 30.3 Å². The van der Waals surface area contributed by atoms with E-state index in [1.54, 1.807) is 6.92 Å². The first kappa shape index (κ1) is 23.0. The lowest BCUT2D eigenvalue weighted by Crippen LogP contribution is -2.20. The van der Waals surface area contributed by atoms with E-state index in [0.29, 0.717) is 5.69 Å². The average molecular weight is 426 g/mol. The lowest BCUT2D eigenvalue weighted by molar-refractivity contribution is -0.141. The smallest absolute Gasteiger partial charge is 0.411 e. The summed E-state index contributed by atoms with van der Waals surface area (Å²) < 4.78 is 48.8. The summed E-state index contributed by atoms with van der Waals surface area (Å²) in [6.45, 7) is 2.84. The Hall–Kier alpha value is -3.30. The molecule has 0 fully saturated rings. The predicted molar refractivity (Wildman–Crippen MR) is 102 cm³/mol. The van der Waals surface area contributed by atoms with Gasteiger partial charge in [-0.2, -0.15) is 13.2 Å². The quantitative estimate of drug-likeness (QED) is 0.528. The van der Waals surface area contributed by atoms with Gasteiger partial charge in [0.25, 0.3) is 0 Å². The van der Waals surface area contributed by atoms with Crippen molar-refractivity contribution in [2.75, 3.05) is 18.5 Å². The molecule has 0 spiro atoms. The van der Waals surface area contributed by atoms with Gasteiger partial charge in [-0.25, -0.2) is 9.59 Å². The van der Waals surface area contributed by atoms with Crippen molar-refractivity contribution < 1.29 is 37.0 Å². The summed E-state index contributed by atoms with van der Waals surface area (Å²) in [5.74, 6) is -1.44. The number of aromatic nitrogens is 1. The highest BCUT2D eigenvalue weighted by Crippen LogP contribution is 2.23. The second-order valence-electron chi connectivity index (χ2n) is 6.41. The van der Waals surface area contributed by atoms with Gasteiger partial charge in [-0.3, -0.25) is 10.1 Å². The van der Waals surface area contributed by atoms with E-state index in [2.05, 4.69) is 5.32 Å². The number of ether oxygens (including phenoxy) is 2. The maximum atomic E-state index is 12.7. The molecule has 30 heavy (non-hydrogen) atoms. The number of hydrogen-bond acceptors (Lipinski definition) is 5. The van der Waals surface area contributed by atoms with Crippen LogP contribution < -0.4 is 5.32 Å². The molecule has 162 valence electrons. The summed E-state index contributed by atoms with van der Waals surface area (Å²) >= 11 is 0. The topological polar surface area (TPSA) is 86.6 Å². The van der Waals surface area contributed by atoms with E-state index >= 15 is 0 Å². The highest BCUT2D eigenvalue weighted by atomic mass is 19.4. The Morgan fingerprint density at radius 3 is 2.43 bits per heavy atom. The van der Waals surface area contributed by atoms with Crippen LogP contribution in [0.5, 0.6) is 0 Å². The number of benzene rings is 1. The standard InChI is InChI=1S/C20H21F3N2O5/c1-4-29-19(28)24-15-7-5-6-14(9-15)18(27)30-10-17(26)16-8-12(2)25(13(16)3)11-20(21,22)23/h5-9H,4,10-11H2,1-3H3,(H,24,28). The number of aryl methyl sites for hydroxylation is 1. The van der Waals surface area contributed by atoms with Crippen LogP contribution in [0.1, 0.15) is 39.0 Å². The summed E-state index contributed by atoms with van der Waals surface area (Å²) in [7, 11) is 0. The number of esters is 1. The molecule has 1 heterocycles. The van der Waals surface area contributed by atoms with Crippen LogP contribution in [0.25, 0.3) is 0 Å². The summed E-state index contributed by atoms with van der Waals surface area (Å²) in [4.78, 5) is 36.0. The van der Waals surface area contributed by atoms with E-state index in [0.717, 1.165) is 4.57 Å². The molecule has 1 N–H and O–H groups in total. The number of carbonyl (C=O) groups is 3. The number of rotatable bonds is 7.